The maximum Gasteiger partial charge on any atom is 0.146 e. The van der Waals surface area contributed by atoms with E-state index in [0.29, 0.717) is 0 Å². The molecule has 5 nitrogen and oxygen atoms in total. The van der Waals surface area contributed by atoms with Gasteiger partial charge in [0.05, 0.1) is 31.1 Å². The van der Waals surface area contributed by atoms with Crippen LogP contribution in [0.4, 0.5) is 5.82 Å². The van der Waals surface area contributed by atoms with Crippen LogP contribution in [0.1, 0.15) is 12.5 Å². The summed E-state index contributed by atoms with van der Waals surface area (Å²) in [5, 5.41) is 4.36. The molecule has 0 saturated carbocycles. The molecule has 6 heteroatoms. The van der Waals surface area contributed by atoms with E-state index in [-0.39, 0.29) is 12.1 Å². The molecular weight excluding hydrogens is 320 g/mol. The van der Waals surface area contributed by atoms with E-state index in [4.69, 9.17) is 4.74 Å². The van der Waals surface area contributed by atoms with Crippen LogP contribution in [-0.2, 0) is 10.5 Å². The Morgan fingerprint density at radius 3 is 2.96 bits per heavy atom. The van der Waals surface area contributed by atoms with Crippen molar-refractivity contribution in [1.29, 1.82) is 0 Å². The molecule has 2 heterocycles. The molecule has 1 N–H and O–H groups in total. The second-order valence-corrected chi connectivity index (χ2v) is 7.12. The Kier molecular flexibility index (Phi) is 6.07. The lowest BCUT2D eigenvalue weighted by molar-refractivity contribution is -0.0260. The summed E-state index contributed by atoms with van der Waals surface area (Å²) in [6, 6.07) is 10.6. The number of anilines is 1. The van der Waals surface area contributed by atoms with Gasteiger partial charge in [-0.1, -0.05) is 30.3 Å². The predicted molar refractivity (Wildman–Crippen MR) is 98.4 cm³/mol. The zero-order chi connectivity index (χ0) is 16.8. The van der Waals surface area contributed by atoms with Crippen LogP contribution in [0.2, 0.25) is 0 Å². The smallest absolute Gasteiger partial charge is 0.146 e. The summed E-state index contributed by atoms with van der Waals surface area (Å²) in [6.45, 7) is 4.85. The summed E-state index contributed by atoms with van der Waals surface area (Å²) in [5.41, 5.74) is 1.29. The molecule has 0 radical (unpaired) electrons. The van der Waals surface area contributed by atoms with Crippen LogP contribution in [0.5, 0.6) is 0 Å². The third kappa shape index (κ3) is 4.93. The maximum absolute atomic E-state index is 5.86. The minimum absolute atomic E-state index is 0.172. The summed E-state index contributed by atoms with van der Waals surface area (Å²) < 4.78 is 5.86. The number of aromatic nitrogens is 2. The molecule has 1 aromatic carbocycles. The average molecular weight is 344 g/mol. The van der Waals surface area contributed by atoms with Gasteiger partial charge in [0, 0.05) is 18.8 Å². The number of hydrogen-bond donors (Lipinski definition) is 1. The normalized spacial score (nSPS) is 19.8. The van der Waals surface area contributed by atoms with E-state index in [1.165, 1.54) is 5.56 Å². The molecule has 2 atom stereocenters. The molecule has 0 bridgehead atoms. The fourth-order valence-corrected chi connectivity index (χ4v) is 3.46. The molecule has 1 aromatic heterocycles. The van der Waals surface area contributed by atoms with Gasteiger partial charge in [-0.2, -0.15) is 0 Å². The summed E-state index contributed by atoms with van der Waals surface area (Å²) in [6.07, 6.45) is 3.76. The highest BCUT2D eigenvalue weighted by Gasteiger charge is 2.23. The largest absolute Gasteiger partial charge is 0.373 e. The van der Waals surface area contributed by atoms with E-state index in [0.717, 1.165) is 36.3 Å². The fourth-order valence-electron chi connectivity index (χ4n) is 2.66. The van der Waals surface area contributed by atoms with Crippen LogP contribution in [0.3, 0.4) is 0 Å². The van der Waals surface area contributed by atoms with Crippen molar-refractivity contribution in [3.05, 3.63) is 48.3 Å². The van der Waals surface area contributed by atoms with Crippen molar-refractivity contribution in [3.63, 3.8) is 0 Å². The summed E-state index contributed by atoms with van der Waals surface area (Å²) in [4.78, 5) is 11.3. The monoisotopic (exact) mass is 344 g/mol. The SMILES string of the molecule is CC(Nc1cncc(SCc2ccccc2)n1)C1CN(C)CCO1. The molecule has 2 aromatic rings. The fraction of sp³-hybridized carbons (Fsp3) is 0.444. The first kappa shape index (κ1) is 17.2. The quantitative estimate of drug-likeness (QED) is 0.813. The molecular formula is C18H24N4OS. The first-order valence-electron chi connectivity index (χ1n) is 8.26. The Bertz CT molecular complexity index is 640. The Morgan fingerprint density at radius 1 is 1.33 bits per heavy atom. The molecule has 0 spiro atoms. The number of thioether (sulfide) groups is 1. The van der Waals surface area contributed by atoms with Crippen LogP contribution in [0.15, 0.2) is 47.8 Å². The lowest BCUT2D eigenvalue weighted by Crippen LogP contribution is -2.47. The van der Waals surface area contributed by atoms with Crippen molar-refractivity contribution in [2.45, 2.75) is 29.8 Å². The molecule has 2 unspecified atom stereocenters. The molecule has 128 valence electrons. The Hall–Kier alpha value is -1.63. The minimum atomic E-state index is 0.172. The topological polar surface area (TPSA) is 50.3 Å². The molecule has 0 amide bonds. The van der Waals surface area contributed by atoms with Gasteiger partial charge in [-0.3, -0.25) is 4.98 Å². The van der Waals surface area contributed by atoms with Gasteiger partial charge in [0.15, 0.2) is 0 Å². The molecule has 1 fully saturated rings. The zero-order valence-corrected chi connectivity index (χ0v) is 15.0. The minimum Gasteiger partial charge on any atom is -0.373 e. The number of nitrogens with one attached hydrogen (secondary N) is 1. The van der Waals surface area contributed by atoms with Crippen molar-refractivity contribution in [1.82, 2.24) is 14.9 Å². The number of morpholine rings is 1. The Labute approximate surface area is 147 Å². The van der Waals surface area contributed by atoms with Crippen LogP contribution < -0.4 is 5.32 Å². The van der Waals surface area contributed by atoms with Crippen molar-refractivity contribution in [2.75, 3.05) is 32.1 Å². The molecule has 1 aliphatic heterocycles. The molecule has 1 aliphatic rings. The van der Waals surface area contributed by atoms with Crippen molar-refractivity contribution in [2.24, 2.45) is 0 Å². The Morgan fingerprint density at radius 2 is 2.17 bits per heavy atom. The van der Waals surface area contributed by atoms with Crippen molar-refractivity contribution in [3.8, 4) is 0 Å². The van der Waals surface area contributed by atoms with Gasteiger partial charge in [-0.05, 0) is 19.5 Å². The van der Waals surface area contributed by atoms with E-state index in [1.54, 1.807) is 18.0 Å². The van der Waals surface area contributed by atoms with Gasteiger partial charge in [0.1, 0.15) is 10.8 Å². The van der Waals surface area contributed by atoms with E-state index in [9.17, 15) is 0 Å². The van der Waals surface area contributed by atoms with Gasteiger partial charge >= 0.3 is 0 Å². The average Bonchev–Trinajstić information content (AvgIpc) is 2.61. The molecule has 0 aliphatic carbocycles. The maximum atomic E-state index is 5.86. The zero-order valence-electron chi connectivity index (χ0n) is 14.2. The van der Waals surface area contributed by atoms with Gasteiger partial charge in [0.25, 0.3) is 0 Å². The first-order chi connectivity index (χ1) is 11.7. The van der Waals surface area contributed by atoms with E-state index < -0.39 is 0 Å². The molecule has 3 rings (SSSR count). The molecule has 1 saturated heterocycles. The van der Waals surface area contributed by atoms with E-state index in [1.807, 2.05) is 12.3 Å². The summed E-state index contributed by atoms with van der Waals surface area (Å²) >= 11 is 1.70. The van der Waals surface area contributed by atoms with Crippen molar-refractivity contribution >= 4 is 17.6 Å². The van der Waals surface area contributed by atoms with Crippen LogP contribution in [-0.4, -0.2) is 53.8 Å². The second kappa shape index (κ2) is 8.46. The highest BCUT2D eigenvalue weighted by molar-refractivity contribution is 7.98. The van der Waals surface area contributed by atoms with E-state index >= 15 is 0 Å². The molecule has 24 heavy (non-hydrogen) atoms. The van der Waals surface area contributed by atoms with Crippen molar-refractivity contribution < 1.29 is 4.74 Å². The highest BCUT2D eigenvalue weighted by atomic mass is 32.2. The van der Waals surface area contributed by atoms with Gasteiger partial charge in [0.2, 0.25) is 0 Å². The van der Waals surface area contributed by atoms with Crippen LogP contribution >= 0.6 is 11.8 Å². The number of ether oxygens (including phenoxy) is 1. The van der Waals surface area contributed by atoms with E-state index in [2.05, 4.69) is 58.4 Å². The number of benzene rings is 1. The second-order valence-electron chi connectivity index (χ2n) is 6.12. The van der Waals surface area contributed by atoms with Crippen LogP contribution in [0.25, 0.3) is 0 Å². The van der Waals surface area contributed by atoms with Gasteiger partial charge in [-0.15, -0.1) is 11.8 Å². The first-order valence-corrected chi connectivity index (χ1v) is 9.25. The predicted octanol–water partition coefficient (Wildman–Crippen LogP) is 2.90. The third-order valence-corrected chi connectivity index (χ3v) is 5.04. The number of nitrogens with zero attached hydrogens (tertiary/aromatic N) is 3. The summed E-state index contributed by atoms with van der Waals surface area (Å²) in [5.74, 6) is 1.70. The lowest BCUT2D eigenvalue weighted by atomic mass is 10.1. The number of hydrogen-bond acceptors (Lipinski definition) is 6. The van der Waals surface area contributed by atoms with Gasteiger partial charge < -0.3 is 15.0 Å². The van der Waals surface area contributed by atoms with Gasteiger partial charge in [-0.25, -0.2) is 4.98 Å². The number of rotatable bonds is 6. The number of likely N-dealkylation sites (N-methyl/N-ethyl adjacent to an activating group) is 1. The standard InChI is InChI=1S/C18H24N4OS/c1-14(16-12-22(2)8-9-23-16)20-17-10-19-11-18(21-17)24-13-15-6-4-3-5-7-15/h3-7,10-11,14,16H,8-9,12-13H2,1-2H3,(H,20,21). The highest BCUT2D eigenvalue weighted by Crippen LogP contribution is 2.21. The van der Waals surface area contributed by atoms with Crippen LogP contribution in [0, 0.1) is 0 Å². The lowest BCUT2D eigenvalue weighted by Gasteiger charge is -2.34. The third-order valence-electron chi connectivity index (χ3n) is 4.07. The Balaban J connectivity index is 1.56. The summed E-state index contributed by atoms with van der Waals surface area (Å²) in [7, 11) is 2.13.